The number of nitrogens with one attached hydrogen (secondary N) is 1. The fraction of sp³-hybridized carbons (Fsp3) is 0.471. The number of rotatable bonds is 8. The van der Waals surface area contributed by atoms with E-state index in [1.54, 1.807) is 0 Å². The van der Waals surface area contributed by atoms with Crippen LogP contribution in [0.4, 0.5) is 24.0 Å². The Morgan fingerprint density at radius 3 is 2.21 bits per heavy atom. The number of anilines is 2. The molecule has 2 aromatic rings. The Morgan fingerprint density at radius 1 is 1.11 bits per heavy atom. The van der Waals surface area contributed by atoms with Crippen molar-refractivity contribution in [2.24, 2.45) is 0 Å². The highest BCUT2D eigenvalue weighted by atomic mass is 35.5. The third-order valence-electron chi connectivity index (χ3n) is 3.88. The average molecular weight is 476 g/mol. The summed E-state index contributed by atoms with van der Waals surface area (Å²) in [5.74, 6) is 0. The van der Waals surface area contributed by atoms with Gasteiger partial charge in [0.05, 0.1) is 20.6 Å². The van der Waals surface area contributed by atoms with Crippen molar-refractivity contribution in [3.05, 3.63) is 37.8 Å². The van der Waals surface area contributed by atoms with Crippen molar-refractivity contribution in [1.29, 1.82) is 0 Å². The normalized spacial score (nSPS) is 12.2. The number of halogens is 6. The van der Waals surface area contributed by atoms with Crippen LogP contribution in [0.2, 0.25) is 15.1 Å². The van der Waals surface area contributed by atoms with Crippen molar-refractivity contribution in [3.8, 4) is 0 Å². The molecule has 156 valence electrons. The number of likely N-dealkylation sites (N-methyl/N-ethyl adjacent to an activating group) is 2. The highest BCUT2D eigenvalue weighted by Gasteiger charge is 2.38. The van der Waals surface area contributed by atoms with E-state index in [-0.39, 0.29) is 32.3 Å². The molecule has 0 amide bonds. The summed E-state index contributed by atoms with van der Waals surface area (Å²) in [6, 6.07) is 2.91. The standard InChI is InChI=1S/C17H20Cl3F3N4S/c1-4-27(6-5-26(2)3)9-13-15(17(21,22)23)25-16(28-13)24-14-11(19)7-10(18)8-12(14)20/h7-8H,4-6,9H2,1-3H3,(H,24,25). The highest BCUT2D eigenvalue weighted by Crippen LogP contribution is 2.40. The van der Waals surface area contributed by atoms with Gasteiger partial charge in [0.1, 0.15) is 0 Å². The van der Waals surface area contributed by atoms with Crippen molar-refractivity contribution in [2.45, 2.75) is 19.6 Å². The van der Waals surface area contributed by atoms with Crippen molar-refractivity contribution < 1.29 is 13.2 Å². The molecule has 11 heteroatoms. The molecule has 1 heterocycles. The van der Waals surface area contributed by atoms with Gasteiger partial charge in [-0.2, -0.15) is 13.2 Å². The van der Waals surface area contributed by atoms with E-state index in [2.05, 4.69) is 10.3 Å². The van der Waals surface area contributed by atoms with Crippen LogP contribution in [0.15, 0.2) is 12.1 Å². The quantitative estimate of drug-likeness (QED) is 0.489. The lowest BCUT2D eigenvalue weighted by molar-refractivity contribution is -0.141. The van der Waals surface area contributed by atoms with Crippen LogP contribution >= 0.6 is 46.1 Å². The summed E-state index contributed by atoms with van der Waals surface area (Å²) in [6.45, 7) is 4.09. The Kier molecular flexibility index (Phi) is 8.25. The van der Waals surface area contributed by atoms with Gasteiger partial charge in [0.25, 0.3) is 0 Å². The molecule has 1 aromatic heterocycles. The average Bonchev–Trinajstić information content (AvgIpc) is 2.97. The Hall–Kier alpha value is -0.770. The fourth-order valence-electron chi connectivity index (χ4n) is 2.40. The first kappa shape index (κ1) is 23.5. The van der Waals surface area contributed by atoms with E-state index < -0.39 is 11.9 Å². The molecule has 0 radical (unpaired) electrons. The molecule has 0 fully saturated rings. The van der Waals surface area contributed by atoms with E-state index >= 15 is 0 Å². The minimum Gasteiger partial charge on any atom is -0.329 e. The van der Waals surface area contributed by atoms with E-state index in [4.69, 9.17) is 34.8 Å². The molecule has 4 nitrogen and oxygen atoms in total. The third kappa shape index (κ3) is 6.37. The van der Waals surface area contributed by atoms with E-state index in [9.17, 15) is 13.2 Å². The molecule has 0 aliphatic heterocycles. The van der Waals surface area contributed by atoms with Gasteiger partial charge in [0, 0.05) is 24.7 Å². The molecular formula is C17H20Cl3F3N4S. The van der Waals surface area contributed by atoms with Crippen molar-refractivity contribution in [3.63, 3.8) is 0 Å². The van der Waals surface area contributed by atoms with E-state index in [1.807, 2.05) is 30.8 Å². The molecule has 0 saturated heterocycles. The lowest BCUT2D eigenvalue weighted by atomic mass is 10.3. The lowest BCUT2D eigenvalue weighted by Gasteiger charge is -2.22. The molecule has 0 unspecified atom stereocenters. The summed E-state index contributed by atoms with van der Waals surface area (Å²) in [5, 5.41) is 3.59. The summed E-state index contributed by atoms with van der Waals surface area (Å²) in [7, 11) is 3.84. The van der Waals surface area contributed by atoms with Crippen molar-refractivity contribution in [2.75, 3.05) is 39.0 Å². The Balaban J connectivity index is 2.31. The second-order valence-corrected chi connectivity index (χ2v) is 8.66. The van der Waals surface area contributed by atoms with Crippen LogP contribution in [0.25, 0.3) is 0 Å². The molecule has 0 aliphatic rings. The van der Waals surface area contributed by atoms with Gasteiger partial charge in [-0.3, -0.25) is 4.90 Å². The smallest absolute Gasteiger partial charge is 0.329 e. The number of benzene rings is 1. The summed E-state index contributed by atoms with van der Waals surface area (Å²) in [4.78, 5) is 7.82. The lowest BCUT2D eigenvalue weighted by Crippen LogP contribution is -2.31. The number of nitrogens with zero attached hydrogens (tertiary/aromatic N) is 3. The van der Waals surface area contributed by atoms with Crippen molar-refractivity contribution >= 4 is 57.0 Å². The van der Waals surface area contributed by atoms with E-state index in [0.29, 0.717) is 18.1 Å². The molecule has 0 bridgehead atoms. The van der Waals surface area contributed by atoms with Gasteiger partial charge in [-0.25, -0.2) is 4.98 Å². The predicted octanol–water partition coefficient (Wildman–Crippen LogP) is 6.25. The second kappa shape index (κ2) is 9.82. The van der Waals surface area contributed by atoms with Gasteiger partial charge in [0.15, 0.2) is 10.8 Å². The van der Waals surface area contributed by atoms with Crippen LogP contribution in [0, 0.1) is 0 Å². The number of aromatic nitrogens is 1. The van der Waals surface area contributed by atoms with Crippen LogP contribution in [0.3, 0.4) is 0 Å². The van der Waals surface area contributed by atoms with Crippen LogP contribution in [-0.2, 0) is 12.7 Å². The topological polar surface area (TPSA) is 31.4 Å². The molecule has 0 atom stereocenters. The van der Waals surface area contributed by atoms with Gasteiger partial charge >= 0.3 is 6.18 Å². The Labute approximate surface area is 181 Å². The minimum atomic E-state index is -4.56. The maximum absolute atomic E-state index is 13.5. The van der Waals surface area contributed by atoms with Crippen LogP contribution < -0.4 is 5.32 Å². The van der Waals surface area contributed by atoms with Gasteiger partial charge in [-0.15, -0.1) is 0 Å². The number of alkyl halides is 3. The monoisotopic (exact) mass is 474 g/mol. The van der Waals surface area contributed by atoms with Gasteiger partial charge in [-0.05, 0) is 32.8 Å². The predicted molar refractivity (Wildman–Crippen MR) is 111 cm³/mol. The van der Waals surface area contributed by atoms with Crippen molar-refractivity contribution in [1.82, 2.24) is 14.8 Å². The number of hydrogen-bond acceptors (Lipinski definition) is 5. The van der Waals surface area contributed by atoms with Gasteiger partial charge in [0.2, 0.25) is 0 Å². The largest absolute Gasteiger partial charge is 0.434 e. The minimum absolute atomic E-state index is 0.0668. The summed E-state index contributed by atoms with van der Waals surface area (Å²) in [6.07, 6.45) is -4.56. The third-order valence-corrected chi connectivity index (χ3v) is 5.65. The molecule has 1 N–H and O–H groups in total. The number of hydrogen-bond donors (Lipinski definition) is 1. The first-order chi connectivity index (χ1) is 13.0. The summed E-state index contributed by atoms with van der Waals surface area (Å²) >= 11 is 19.0. The summed E-state index contributed by atoms with van der Waals surface area (Å²) in [5.41, 5.74) is -0.633. The van der Waals surface area contributed by atoms with E-state index in [0.717, 1.165) is 17.9 Å². The highest BCUT2D eigenvalue weighted by molar-refractivity contribution is 7.15. The fourth-order valence-corrected chi connectivity index (χ4v) is 4.34. The SMILES string of the molecule is CCN(CCN(C)C)Cc1sc(Nc2c(Cl)cc(Cl)cc2Cl)nc1C(F)(F)F. The van der Waals surface area contributed by atoms with Gasteiger partial charge < -0.3 is 10.2 Å². The molecule has 0 aliphatic carbocycles. The molecule has 28 heavy (non-hydrogen) atoms. The molecular weight excluding hydrogens is 456 g/mol. The second-order valence-electron chi connectivity index (χ2n) is 6.33. The van der Waals surface area contributed by atoms with Crippen LogP contribution in [-0.4, -0.2) is 48.5 Å². The summed E-state index contributed by atoms with van der Waals surface area (Å²) < 4.78 is 40.5. The molecule has 0 spiro atoms. The van der Waals surface area contributed by atoms with Crippen LogP contribution in [0.1, 0.15) is 17.5 Å². The Morgan fingerprint density at radius 2 is 1.71 bits per heavy atom. The van der Waals surface area contributed by atoms with Gasteiger partial charge in [-0.1, -0.05) is 53.1 Å². The first-order valence-electron chi connectivity index (χ1n) is 8.36. The first-order valence-corrected chi connectivity index (χ1v) is 10.3. The Bertz CT molecular complexity index is 788. The maximum atomic E-state index is 13.5. The number of thiazole rings is 1. The van der Waals surface area contributed by atoms with E-state index in [1.165, 1.54) is 12.1 Å². The molecule has 1 aromatic carbocycles. The maximum Gasteiger partial charge on any atom is 0.434 e. The molecule has 0 saturated carbocycles. The zero-order chi connectivity index (χ0) is 21.1. The zero-order valence-electron chi connectivity index (χ0n) is 15.5. The molecule has 2 rings (SSSR count). The zero-order valence-corrected chi connectivity index (χ0v) is 18.6. The van der Waals surface area contributed by atoms with Crippen LogP contribution in [0.5, 0.6) is 0 Å².